The second-order valence-electron chi connectivity index (χ2n) is 7.38. The molecule has 0 saturated carbocycles. The van der Waals surface area contributed by atoms with Crippen molar-refractivity contribution in [2.45, 2.75) is 18.9 Å². The van der Waals surface area contributed by atoms with Crippen molar-refractivity contribution in [2.24, 2.45) is 5.41 Å². The predicted octanol–water partition coefficient (Wildman–Crippen LogP) is 2.54. The lowest BCUT2D eigenvalue weighted by atomic mass is 9.64. The first-order valence-corrected chi connectivity index (χ1v) is 9.04. The largest absolute Gasteiger partial charge is 0.381 e. The Kier molecular flexibility index (Phi) is 4.36. The van der Waals surface area contributed by atoms with Crippen LogP contribution in [-0.2, 0) is 4.74 Å². The topological polar surface area (TPSA) is 58.6 Å². The number of hydrogen-bond donors (Lipinski definition) is 0. The quantitative estimate of drug-likeness (QED) is 0.850. The van der Waals surface area contributed by atoms with E-state index < -0.39 is 0 Å². The zero-order chi connectivity index (χ0) is 18.1. The van der Waals surface area contributed by atoms with E-state index in [0.29, 0.717) is 5.69 Å². The molecule has 2 saturated heterocycles. The number of likely N-dealkylation sites (tertiary alicyclic amines) is 1. The third-order valence-corrected chi connectivity index (χ3v) is 5.56. The van der Waals surface area contributed by atoms with Crippen molar-refractivity contribution in [2.75, 3.05) is 38.8 Å². The number of benzene rings is 1. The molecule has 1 spiro atoms. The molecule has 136 valence electrons. The first kappa shape index (κ1) is 17.0. The summed E-state index contributed by atoms with van der Waals surface area (Å²) in [5, 5.41) is 0. The Labute approximate surface area is 153 Å². The van der Waals surface area contributed by atoms with Gasteiger partial charge in [-0.05, 0) is 18.4 Å². The molecule has 4 rings (SSSR count). The number of nitrogens with zero attached hydrogens (tertiary/aromatic N) is 4. The number of ether oxygens (including phenoxy) is 1. The van der Waals surface area contributed by atoms with E-state index in [2.05, 4.69) is 22.1 Å². The number of carbonyl (C=O) groups excluding carboxylic acids is 1. The van der Waals surface area contributed by atoms with Gasteiger partial charge in [-0.1, -0.05) is 30.3 Å². The van der Waals surface area contributed by atoms with E-state index in [-0.39, 0.29) is 17.4 Å². The molecule has 1 aromatic carbocycles. The van der Waals surface area contributed by atoms with Crippen molar-refractivity contribution < 1.29 is 9.53 Å². The van der Waals surface area contributed by atoms with Crippen LogP contribution in [0.5, 0.6) is 0 Å². The second kappa shape index (κ2) is 6.68. The molecule has 0 aliphatic carbocycles. The summed E-state index contributed by atoms with van der Waals surface area (Å²) in [6, 6.07) is 10.4. The molecule has 0 unspecified atom stereocenters. The van der Waals surface area contributed by atoms with E-state index >= 15 is 0 Å². The van der Waals surface area contributed by atoms with Crippen molar-refractivity contribution in [3.8, 4) is 0 Å². The summed E-state index contributed by atoms with van der Waals surface area (Å²) in [6.07, 6.45) is 5.20. The molecule has 2 fully saturated rings. The van der Waals surface area contributed by atoms with Crippen molar-refractivity contribution in [1.29, 1.82) is 0 Å². The molecule has 0 N–H and O–H groups in total. The van der Waals surface area contributed by atoms with Gasteiger partial charge in [-0.15, -0.1) is 0 Å². The van der Waals surface area contributed by atoms with E-state index in [9.17, 15) is 4.79 Å². The minimum absolute atomic E-state index is 0.0474. The lowest BCUT2D eigenvalue weighted by Crippen LogP contribution is -2.62. The third-order valence-electron chi connectivity index (χ3n) is 5.56. The van der Waals surface area contributed by atoms with Crippen LogP contribution in [0.4, 0.5) is 5.82 Å². The first-order chi connectivity index (χ1) is 12.6. The second-order valence-corrected chi connectivity index (χ2v) is 7.38. The van der Waals surface area contributed by atoms with E-state index in [1.54, 1.807) is 12.4 Å². The van der Waals surface area contributed by atoms with Gasteiger partial charge >= 0.3 is 0 Å². The fraction of sp³-hybridized carbons (Fsp3) is 0.450. The summed E-state index contributed by atoms with van der Waals surface area (Å²) < 4.78 is 5.57. The summed E-state index contributed by atoms with van der Waals surface area (Å²) in [6.45, 7) is 2.29. The first-order valence-electron chi connectivity index (χ1n) is 9.04. The molecule has 2 aromatic rings. The third kappa shape index (κ3) is 2.84. The lowest BCUT2D eigenvalue weighted by Gasteiger charge is -2.59. The average molecular weight is 352 g/mol. The standard InChI is InChI=1S/C20H24N4O2/c1-23(2)17-13-21-16(12-22-17)19(25)24-14-20(8-10-26-11-9-20)18(24)15-6-4-3-5-7-15/h3-7,12-13,18H,8-11,14H2,1-2H3/t18-/m1/s1. The highest BCUT2D eigenvalue weighted by Crippen LogP contribution is 2.54. The van der Waals surface area contributed by atoms with Gasteiger partial charge in [0.15, 0.2) is 0 Å². The molecular formula is C20H24N4O2. The van der Waals surface area contributed by atoms with Crippen LogP contribution in [-0.4, -0.2) is 54.6 Å². The van der Waals surface area contributed by atoms with E-state index in [0.717, 1.165) is 38.4 Å². The summed E-state index contributed by atoms with van der Waals surface area (Å²) in [7, 11) is 3.81. The molecule has 0 bridgehead atoms. The summed E-state index contributed by atoms with van der Waals surface area (Å²) >= 11 is 0. The van der Waals surface area contributed by atoms with Crippen LogP contribution in [0.1, 0.15) is 34.9 Å². The Morgan fingerprint density at radius 2 is 1.88 bits per heavy atom. The van der Waals surface area contributed by atoms with Gasteiger partial charge in [-0.25, -0.2) is 9.97 Å². The molecule has 1 amide bonds. The van der Waals surface area contributed by atoms with Crippen molar-refractivity contribution in [3.63, 3.8) is 0 Å². The van der Waals surface area contributed by atoms with Crippen LogP contribution in [0.15, 0.2) is 42.7 Å². The van der Waals surface area contributed by atoms with Gasteiger partial charge in [0.05, 0.1) is 18.4 Å². The van der Waals surface area contributed by atoms with Crippen molar-refractivity contribution in [1.82, 2.24) is 14.9 Å². The molecular weight excluding hydrogens is 328 g/mol. The van der Waals surface area contributed by atoms with Crippen LogP contribution in [0, 0.1) is 5.41 Å². The predicted molar refractivity (Wildman–Crippen MR) is 99.1 cm³/mol. The maximum Gasteiger partial charge on any atom is 0.274 e. The fourth-order valence-corrected chi connectivity index (χ4v) is 4.11. The van der Waals surface area contributed by atoms with Crippen molar-refractivity contribution in [3.05, 3.63) is 54.0 Å². The van der Waals surface area contributed by atoms with Gasteiger partial charge in [0.1, 0.15) is 11.5 Å². The minimum atomic E-state index is -0.0474. The fourth-order valence-electron chi connectivity index (χ4n) is 4.11. The Morgan fingerprint density at radius 3 is 2.50 bits per heavy atom. The molecule has 26 heavy (non-hydrogen) atoms. The smallest absolute Gasteiger partial charge is 0.274 e. The molecule has 3 heterocycles. The maximum atomic E-state index is 13.1. The van der Waals surface area contributed by atoms with Gasteiger partial charge in [0, 0.05) is 39.3 Å². The highest BCUT2D eigenvalue weighted by Gasteiger charge is 2.55. The Morgan fingerprint density at radius 1 is 1.15 bits per heavy atom. The number of amides is 1. The van der Waals surface area contributed by atoms with Gasteiger partial charge in [0.2, 0.25) is 0 Å². The monoisotopic (exact) mass is 352 g/mol. The summed E-state index contributed by atoms with van der Waals surface area (Å²) in [4.78, 5) is 25.6. The molecule has 6 nitrogen and oxygen atoms in total. The van der Waals surface area contributed by atoms with E-state index in [1.165, 1.54) is 5.56 Å². The minimum Gasteiger partial charge on any atom is -0.381 e. The van der Waals surface area contributed by atoms with Crippen LogP contribution in [0.2, 0.25) is 0 Å². The molecule has 2 aliphatic heterocycles. The summed E-state index contributed by atoms with van der Waals surface area (Å²) in [5.74, 6) is 0.694. The molecule has 0 radical (unpaired) electrons. The van der Waals surface area contributed by atoms with Crippen LogP contribution >= 0.6 is 0 Å². The molecule has 1 atom stereocenters. The highest BCUT2D eigenvalue weighted by atomic mass is 16.5. The molecule has 2 aliphatic rings. The average Bonchev–Trinajstić information content (AvgIpc) is 2.67. The van der Waals surface area contributed by atoms with Gasteiger partial charge < -0.3 is 14.5 Å². The number of hydrogen-bond acceptors (Lipinski definition) is 5. The maximum absolute atomic E-state index is 13.1. The van der Waals surface area contributed by atoms with Gasteiger partial charge in [-0.2, -0.15) is 0 Å². The van der Waals surface area contributed by atoms with Crippen molar-refractivity contribution >= 4 is 11.7 Å². The number of aromatic nitrogens is 2. The Hall–Kier alpha value is -2.47. The SMILES string of the molecule is CN(C)c1cnc(C(=O)N2CC3(CCOCC3)[C@H]2c2ccccc2)cn1. The number of carbonyl (C=O) groups is 1. The summed E-state index contributed by atoms with van der Waals surface area (Å²) in [5.41, 5.74) is 1.71. The Balaban J connectivity index is 1.61. The molecule has 1 aromatic heterocycles. The Bertz CT molecular complexity index is 770. The lowest BCUT2D eigenvalue weighted by molar-refractivity contribution is -0.115. The van der Waals surface area contributed by atoms with Crippen LogP contribution in [0.25, 0.3) is 0 Å². The van der Waals surface area contributed by atoms with E-state index in [4.69, 9.17) is 4.74 Å². The van der Waals surface area contributed by atoms with Gasteiger partial charge in [-0.3, -0.25) is 4.79 Å². The zero-order valence-corrected chi connectivity index (χ0v) is 15.3. The highest BCUT2D eigenvalue weighted by molar-refractivity contribution is 5.93. The number of anilines is 1. The van der Waals surface area contributed by atoms with E-state index in [1.807, 2.05) is 42.1 Å². The zero-order valence-electron chi connectivity index (χ0n) is 15.3. The normalized spacial score (nSPS) is 21.3. The van der Waals surface area contributed by atoms with Crippen LogP contribution < -0.4 is 4.90 Å². The molecule has 6 heteroatoms. The number of rotatable bonds is 3. The van der Waals surface area contributed by atoms with Gasteiger partial charge in [0.25, 0.3) is 5.91 Å². The van der Waals surface area contributed by atoms with Crippen LogP contribution in [0.3, 0.4) is 0 Å².